The second-order valence-electron chi connectivity index (χ2n) is 4.45. The smallest absolute Gasteiger partial charge is 0.271 e. The van der Waals surface area contributed by atoms with E-state index in [-0.39, 0.29) is 5.91 Å². The number of hydrogen-bond acceptors (Lipinski definition) is 3. The maximum absolute atomic E-state index is 11.8. The predicted molar refractivity (Wildman–Crippen MR) is 74.4 cm³/mol. The highest BCUT2D eigenvalue weighted by molar-refractivity contribution is 5.94. The Labute approximate surface area is 112 Å². The van der Waals surface area contributed by atoms with Crippen LogP contribution in [0.5, 0.6) is 0 Å². The summed E-state index contributed by atoms with van der Waals surface area (Å²) in [6, 6.07) is 9.18. The van der Waals surface area contributed by atoms with Crippen molar-refractivity contribution in [2.75, 3.05) is 0 Å². The average molecular weight is 256 g/mol. The molecule has 0 bridgehead atoms. The quantitative estimate of drug-likeness (QED) is 0.678. The van der Waals surface area contributed by atoms with Crippen molar-refractivity contribution in [3.63, 3.8) is 0 Å². The highest BCUT2D eigenvalue weighted by Crippen LogP contribution is 2.09. The molecule has 0 aliphatic heterocycles. The lowest BCUT2D eigenvalue weighted by atomic mass is 10.1. The molecule has 4 nitrogen and oxygen atoms in total. The fourth-order valence-electron chi connectivity index (χ4n) is 1.62. The molecule has 0 radical (unpaired) electrons. The van der Waals surface area contributed by atoms with Crippen LogP contribution in [0.4, 0.5) is 0 Å². The Hall–Kier alpha value is -2.36. The zero-order valence-electron chi connectivity index (χ0n) is 11.2. The van der Waals surface area contributed by atoms with Gasteiger partial charge in [0.25, 0.3) is 5.91 Å². The molecule has 2 rings (SSSR count). The van der Waals surface area contributed by atoms with Crippen LogP contribution in [0.2, 0.25) is 0 Å². The normalized spacial score (nSPS) is 10.9. The monoisotopic (exact) mass is 256 g/mol. The second-order valence-corrected chi connectivity index (χ2v) is 4.45. The van der Waals surface area contributed by atoms with E-state index in [0.29, 0.717) is 11.3 Å². The van der Waals surface area contributed by atoms with E-state index in [9.17, 15) is 4.79 Å². The topological polar surface area (TPSA) is 54.6 Å². The minimum Gasteiger partial charge on any atom is -0.460 e. The van der Waals surface area contributed by atoms with Gasteiger partial charge in [-0.05, 0) is 56.2 Å². The van der Waals surface area contributed by atoms with Crippen molar-refractivity contribution in [1.29, 1.82) is 0 Å². The molecule has 0 aliphatic carbocycles. The fourth-order valence-corrected chi connectivity index (χ4v) is 1.62. The van der Waals surface area contributed by atoms with E-state index < -0.39 is 0 Å². The Morgan fingerprint density at radius 1 is 1.16 bits per heavy atom. The molecule has 0 saturated heterocycles. The van der Waals surface area contributed by atoms with E-state index in [4.69, 9.17) is 4.42 Å². The SMILES string of the molecule is Cc1ccc(/C=N/NC(=O)c2ccc(C)c(C)c2)o1. The third-order valence-electron chi connectivity index (χ3n) is 2.89. The average Bonchev–Trinajstić information content (AvgIpc) is 2.78. The Morgan fingerprint density at radius 3 is 2.58 bits per heavy atom. The highest BCUT2D eigenvalue weighted by Gasteiger charge is 2.05. The van der Waals surface area contributed by atoms with Gasteiger partial charge in [0.2, 0.25) is 0 Å². The molecule has 1 amide bonds. The van der Waals surface area contributed by atoms with Gasteiger partial charge >= 0.3 is 0 Å². The molecule has 0 aliphatic rings. The minimum absolute atomic E-state index is 0.234. The maximum atomic E-state index is 11.8. The summed E-state index contributed by atoms with van der Waals surface area (Å²) >= 11 is 0. The molecule has 0 spiro atoms. The number of rotatable bonds is 3. The first-order valence-corrected chi connectivity index (χ1v) is 6.03. The van der Waals surface area contributed by atoms with Crippen LogP contribution in [-0.4, -0.2) is 12.1 Å². The van der Waals surface area contributed by atoms with Gasteiger partial charge in [0.05, 0.1) is 6.21 Å². The summed E-state index contributed by atoms with van der Waals surface area (Å²) in [7, 11) is 0. The van der Waals surface area contributed by atoms with Gasteiger partial charge in [-0.1, -0.05) is 6.07 Å². The molecule has 98 valence electrons. The number of nitrogens with one attached hydrogen (secondary N) is 1. The Balaban J connectivity index is 2.01. The van der Waals surface area contributed by atoms with Crippen molar-refractivity contribution in [3.05, 3.63) is 58.5 Å². The number of hydrazone groups is 1. The molecule has 0 fully saturated rings. The lowest BCUT2D eigenvalue weighted by molar-refractivity contribution is 0.0955. The number of carbonyl (C=O) groups excluding carboxylic acids is 1. The first-order valence-electron chi connectivity index (χ1n) is 6.03. The molecule has 1 N–H and O–H groups in total. The van der Waals surface area contributed by atoms with Gasteiger partial charge < -0.3 is 4.42 Å². The van der Waals surface area contributed by atoms with Gasteiger partial charge in [0.15, 0.2) is 0 Å². The van der Waals surface area contributed by atoms with Crippen molar-refractivity contribution >= 4 is 12.1 Å². The van der Waals surface area contributed by atoms with Crippen molar-refractivity contribution < 1.29 is 9.21 Å². The molecule has 0 atom stereocenters. The van der Waals surface area contributed by atoms with Crippen molar-refractivity contribution in [2.24, 2.45) is 5.10 Å². The molecular weight excluding hydrogens is 240 g/mol. The third-order valence-corrected chi connectivity index (χ3v) is 2.89. The number of hydrogen-bond donors (Lipinski definition) is 1. The van der Waals surface area contributed by atoms with E-state index in [1.54, 1.807) is 12.1 Å². The zero-order chi connectivity index (χ0) is 13.8. The first-order chi connectivity index (χ1) is 9.06. The number of benzene rings is 1. The van der Waals surface area contributed by atoms with E-state index in [0.717, 1.165) is 16.9 Å². The summed E-state index contributed by atoms with van der Waals surface area (Å²) in [5.41, 5.74) is 5.31. The molecule has 1 aromatic heterocycles. The van der Waals surface area contributed by atoms with Gasteiger partial charge in [-0.15, -0.1) is 0 Å². The van der Waals surface area contributed by atoms with Gasteiger partial charge in [0, 0.05) is 5.56 Å². The van der Waals surface area contributed by atoms with Gasteiger partial charge in [0.1, 0.15) is 11.5 Å². The fraction of sp³-hybridized carbons (Fsp3) is 0.200. The van der Waals surface area contributed by atoms with Crippen molar-refractivity contribution in [2.45, 2.75) is 20.8 Å². The largest absolute Gasteiger partial charge is 0.460 e. The van der Waals surface area contributed by atoms with Crippen molar-refractivity contribution in [3.8, 4) is 0 Å². The van der Waals surface area contributed by atoms with Gasteiger partial charge in [-0.2, -0.15) is 5.10 Å². The van der Waals surface area contributed by atoms with Crippen LogP contribution < -0.4 is 5.43 Å². The zero-order valence-corrected chi connectivity index (χ0v) is 11.2. The van der Waals surface area contributed by atoms with Crippen LogP contribution in [0.15, 0.2) is 39.9 Å². The van der Waals surface area contributed by atoms with E-state index in [1.165, 1.54) is 6.21 Å². The second kappa shape index (κ2) is 5.52. The molecule has 2 aromatic rings. The minimum atomic E-state index is -0.234. The number of nitrogens with zero attached hydrogens (tertiary/aromatic N) is 1. The van der Waals surface area contributed by atoms with Crippen LogP contribution in [0.3, 0.4) is 0 Å². The lowest BCUT2D eigenvalue weighted by Gasteiger charge is -2.03. The Bertz CT molecular complexity index is 627. The van der Waals surface area contributed by atoms with E-state index in [1.807, 2.05) is 39.0 Å². The third kappa shape index (κ3) is 3.31. The standard InChI is InChI=1S/C15H16N2O2/c1-10-4-6-13(8-11(10)2)15(18)17-16-9-14-7-5-12(3)19-14/h4-9H,1-3H3,(H,17,18)/b16-9+. The summed E-state index contributed by atoms with van der Waals surface area (Å²) in [5.74, 6) is 1.18. The Kier molecular flexibility index (Phi) is 3.80. The molecule has 4 heteroatoms. The number of carbonyl (C=O) groups is 1. The molecule has 0 saturated carbocycles. The first kappa shape index (κ1) is 13.1. The summed E-state index contributed by atoms with van der Waals surface area (Å²) in [4.78, 5) is 11.8. The van der Waals surface area contributed by atoms with Crippen LogP contribution in [0, 0.1) is 20.8 Å². The number of amides is 1. The van der Waals surface area contributed by atoms with Crippen LogP contribution in [0.1, 0.15) is 33.0 Å². The van der Waals surface area contributed by atoms with Crippen LogP contribution >= 0.6 is 0 Å². The molecule has 19 heavy (non-hydrogen) atoms. The highest BCUT2D eigenvalue weighted by atomic mass is 16.3. The van der Waals surface area contributed by atoms with Gasteiger partial charge in [-0.25, -0.2) is 5.43 Å². The van der Waals surface area contributed by atoms with Crippen LogP contribution in [-0.2, 0) is 0 Å². The molecular formula is C15H16N2O2. The van der Waals surface area contributed by atoms with Crippen molar-refractivity contribution in [1.82, 2.24) is 5.43 Å². The maximum Gasteiger partial charge on any atom is 0.271 e. The van der Waals surface area contributed by atoms with E-state index in [2.05, 4.69) is 10.5 Å². The molecule has 0 unspecified atom stereocenters. The predicted octanol–water partition coefficient (Wildman–Crippen LogP) is 2.97. The summed E-state index contributed by atoms with van der Waals surface area (Å²) in [5, 5.41) is 3.87. The van der Waals surface area contributed by atoms with Gasteiger partial charge in [-0.3, -0.25) is 4.79 Å². The lowest BCUT2D eigenvalue weighted by Crippen LogP contribution is -2.17. The molecule has 1 aromatic carbocycles. The summed E-state index contributed by atoms with van der Waals surface area (Å²) in [6.07, 6.45) is 1.48. The summed E-state index contributed by atoms with van der Waals surface area (Å²) in [6.45, 7) is 5.83. The molecule has 1 heterocycles. The number of aryl methyl sites for hydroxylation is 3. The van der Waals surface area contributed by atoms with E-state index >= 15 is 0 Å². The van der Waals surface area contributed by atoms with Crippen LogP contribution in [0.25, 0.3) is 0 Å². The summed E-state index contributed by atoms with van der Waals surface area (Å²) < 4.78 is 5.31. The Morgan fingerprint density at radius 2 is 1.95 bits per heavy atom. The number of furan rings is 1.